The quantitative estimate of drug-likeness (QED) is 0.812. The molecule has 0 heterocycles. The van der Waals surface area contributed by atoms with Crippen LogP contribution >= 0.6 is 35.6 Å². The van der Waals surface area contributed by atoms with Gasteiger partial charge in [0.15, 0.2) is 0 Å². The maximum absolute atomic E-state index is 6.04. The average molecular weight is 284 g/mol. The minimum atomic E-state index is -0.0530. The van der Waals surface area contributed by atoms with Gasteiger partial charge in [-0.2, -0.15) is 0 Å². The number of hydrogen-bond donors (Lipinski definition) is 2. The molecule has 0 unspecified atom stereocenters. The van der Waals surface area contributed by atoms with Gasteiger partial charge in [0.25, 0.3) is 0 Å². The van der Waals surface area contributed by atoms with Crippen LogP contribution in [0.2, 0.25) is 10.0 Å². The first kappa shape index (κ1) is 16.0. The van der Waals surface area contributed by atoms with Crippen molar-refractivity contribution in [3.8, 4) is 0 Å². The maximum Gasteiger partial charge on any atom is 0.0454 e. The van der Waals surface area contributed by atoms with Crippen molar-refractivity contribution in [3.63, 3.8) is 0 Å². The summed E-state index contributed by atoms with van der Waals surface area (Å²) in [6, 6.07) is 5.32. The third-order valence-electron chi connectivity index (χ3n) is 2.33. The molecule has 0 aromatic heterocycles. The largest absolute Gasteiger partial charge is 0.330 e. The highest BCUT2D eigenvalue weighted by molar-refractivity contribution is 6.33. The Labute approximate surface area is 113 Å². The Hall–Kier alpha value is 0.01000. The molecular weight excluding hydrogens is 266 g/mol. The lowest BCUT2D eigenvalue weighted by Gasteiger charge is -2.13. The van der Waals surface area contributed by atoms with Crippen LogP contribution in [0.1, 0.15) is 30.9 Å². The summed E-state index contributed by atoms with van der Waals surface area (Å²) in [6.45, 7) is 0.704. The van der Waals surface area contributed by atoms with Gasteiger partial charge in [-0.25, -0.2) is 0 Å². The standard InChI is InChI=1S/C11H16Cl2N2.ClH/c12-8-4-5-10(13)9(7-8)11(15)3-1-2-6-14;/h4-5,7,11H,1-3,6,14-15H2;1H/t11-;/m1./s1. The smallest absolute Gasteiger partial charge is 0.0454 e. The van der Waals surface area contributed by atoms with Crippen LogP contribution in [-0.4, -0.2) is 6.54 Å². The third-order valence-corrected chi connectivity index (χ3v) is 2.91. The van der Waals surface area contributed by atoms with Gasteiger partial charge in [0, 0.05) is 16.1 Å². The van der Waals surface area contributed by atoms with Crippen molar-refractivity contribution < 1.29 is 0 Å². The summed E-state index contributed by atoms with van der Waals surface area (Å²) in [7, 11) is 0. The molecular formula is C11H17Cl3N2. The van der Waals surface area contributed by atoms with Crippen LogP contribution in [0.15, 0.2) is 18.2 Å². The second-order valence-electron chi connectivity index (χ2n) is 3.56. The van der Waals surface area contributed by atoms with Crippen molar-refractivity contribution in [2.75, 3.05) is 6.54 Å². The van der Waals surface area contributed by atoms with Crippen LogP contribution in [0.25, 0.3) is 0 Å². The first-order valence-electron chi connectivity index (χ1n) is 5.05. The molecule has 1 aromatic rings. The average Bonchev–Trinajstić information content (AvgIpc) is 2.22. The molecule has 1 aromatic carbocycles. The lowest BCUT2D eigenvalue weighted by Crippen LogP contribution is -2.11. The van der Waals surface area contributed by atoms with Crippen molar-refractivity contribution >= 4 is 35.6 Å². The SMILES string of the molecule is Cl.NCCCC[C@@H](N)c1cc(Cl)ccc1Cl. The van der Waals surface area contributed by atoms with E-state index in [9.17, 15) is 0 Å². The highest BCUT2D eigenvalue weighted by Crippen LogP contribution is 2.27. The van der Waals surface area contributed by atoms with E-state index < -0.39 is 0 Å². The number of hydrogen-bond acceptors (Lipinski definition) is 2. The highest BCUT2D eigenvalue weighted by Gasteiger charge is 2.10. The van der Waals surface area contributed by atoms with Crippen LogP contribution < -0.4 is 11.5 Å². The van der Waals surface area contributed by atoms with E-state index in [1.54, 1.807) is 12.1 Å². The molecule has 0 fully saturated rings. The molecule has 1 atom stereocenters. The summed E-state index contributed by atoms with van der Waals surface area (Å²) < 4.78 is 0. The van der Waals surface area contributed by atoms with Crippen LogP contribution in [-0.2, 0) is 0 Å². The van der Waals surface area contributed by atoms with Crippen LogP contribution in [0.3, 0.4) is 0 Å². The molecule has 1 rings (SSSR count). The summed E-state index contributed by atoms with van der Waals surface area (Å²) >= 11 is 11.9. The molecule has 5 heteroatoms. The zero-order chi connectivity index (χ0) is 11.3. The fourth-order valence-corrected chi connectivity index (χ4v) is 1.90. The Kier molecular flexibility index (Phi) is 8.16. The fourth-order valence-electron chi connectivity index (χ4n) is 1.46. The van der Waals surface area contributed by atoms with Crippen molar-refractivity contribution in [2.24, 2.45) is 11.5 Å². The van der Waals surface area contributed by atoms with Crippen molar-refractivity contribution in [1.29, 1.82) is 0 Å². The highest BCUT2D eigenvalue weighted by atomic mass is 35.5. The van der Waals surface area contributed by atoms with Gasteiger partial charge in [0.1, 0.15) is 0 Å². The third kappa shape index (κ3) is 4.89. The Morgan fingerprint density at radius 3 is 2.50 bits per heavy atom. The summed E-state index contributed by atoms with van der Waals surface area (Å²) in [5.74, 6) is 0. The molecule has 0 bridgehead atoms. The Morgan fingerprint density at radius 1 is 1.19 bits per heavy atom. The number of benzene rings is 1. The van der Waals surface area contributed by atoms with E-state index in [0.717, 1.165) is 24.8 Å². The minimum absolute atomic E-state index is 0. The fraction of sp³-hybridized carbons (Fsp3) is 0.455. The van der Waals surface area contributed by atoms with E-state index in [1.165, 1.54) is 0 Å². The van der Waals surface area contributed by atoms with Gasteiger partial charge in [-0.15, -0.1) is 12.4 Å². The van der Waals surface area contributed by atoms with Crippen molar-refractivity contribution in [2.45, 2.75) is 25.3 Å². The molecule has 16 heavy (non-hydrogen) atoms. The van der Waals surface area contributed by atoms with E-state index in [2.05, 4.69) is 0 Å². The lowest BCUT2D eigenvalue weighted by molar-refractivity contribution is 0.591. The number of rotatable bonds is 5. The Bertz CT molecular complexity index is 318. The Morgan fingerprint density at radius 2 is 1.88 bits per heavy atom. The van der Waals surface area contributed by atoms with Crippen LogP contribution in [0.4, 0.5) is 0 Å². The summed E-state index contributed by atoms with van der Waals surface area (Å²) in [4.78, 5) is 0. The molecule has 0 spiro atoms. The van der Waals surface area contributed by atoms with E-state index in [1.807, 2.05) is 6.07 Å². The van der Waals surface area contributed by atoms with Gasteiger partial charge < -0.3 is 11.5 Å². The number of nitrogens with two attached hydrogens (primary N) is 2. The topological polar surface area (TPSA) is 52.0 Å². The molecule has 2 nitrogen and oxygen atoms in total. The van der Waals surface area contributed by atoms with Gasteiger partial charge >= 0.3 is 0 Å². The molecule has 0 saturated carbocycles. The molecule has 0 amide bonds. The van der Waals surface area contributed by atoms with Gasteiger partial charge in [0.2, 0.25) is 0 Å². The Balaban J connectivity index is 0.00000225. The monoisotopic (exact) mass is 282 g/mol. The van der Waals surface area contributed by atoms with E-state index in [-0.39, 0.29) is 18.4 Å². The molecule has 0 aliphatic rings. The first-order chi connectivity index (χ1) is 7.15. The van der Waals surface area contributed by atoms with E-state index >= 15 is 0 Å². The van der Waals surface area contributed by atoms with Gasteiger partial charge in [-0.05, 0) is 43.1 Å². The lowest BCUT2D eigenvalue weighted by atomic mass is 10.0. The second-order valence-corrected chi connectivity index (χ2v) is 4.40. The predicted octanol–water partition coefficient (Wildman–Crippen LogP) is 3.54. The maximum atomic E-state index is 6.04. The number of halogens is 3. The van der Waals surface area contributed by atoms with Crippen LogP contribution in [0, 0.1) is 0 Å². The summed E-state index contributed by atoms with van der Waals surface area (Å²) in [5, 5.41) is 1.35. The van der Waals surface area contributed by atoms with Crippen LogP contribution in [0.5, 0.6) is 0 Å². The normalized spacial score (nSPS) is 12.0. The molecule has 92 valence electrons. The van der Waals surface area contributed by atoms with Crippen molar-refractivity contribution in [3.05, 3.63) is 33.8 Å². The first-order valence-corrected chi connectivity index (χ1v) is 5.81. The van der Waals surface area contributed by atoms with Gasteiger partial charge in [0.05, 0.1) is 0 Å². The molecule has 0 saturated heterocycles. The molecule has 0 aliphatic heterocycles. The molecule has 0 aliphatic carbocycles. The molecule has 0 radical (unpaired) electrons. The predicted molar refractivity (Wildman–Crippen MR) is 73.5 cm³/mol. The number of unbranched alkanes of at least 4 members (excludes halogenated alkanes) is 1. The second kappa shape index (κ2) is 8.15. The summed E-state index contributed by atoms with van der Waals surface area (Å²) in [6.07, 6.45) is 2.89. The van der Waals surface area contributed by atoms with Gasteiger partial charge in [-0.3, -0.25) is 0 Å². The summed E-state index contributed by atoms with van der Waals surface area (Å²) in [5.41, 5.74) is 12.4. The van der Waals surface area contributed by atoms with E-state index in [4.69, 9.17) is 34.7 Å². The van der Waals surface area contributed by atoms with Crippen molar-refractivity contribution in [1.82, 2.24) is 0 Å². The zero-order valence-electron chi connectivity index (χ0n) is 8.96. The zero-order valence-corrected chi connectivity index (χ0v) is 11.3. The minimum Gasteiger partial charge on any atom is -0.330 e. The van der Waals surface area contributed by atoms with Gasteiger partial charge in [-0.1, -0.05) is 29.6 Å². The molecule has 4 N–H and O–H groups in total. The van der Waals surface area contributed by atoms with E-state index in [0.29, 0.717) is 16.6 Å².